The fourth-order valence-corrected chi connectivity index (χ4v) is 5.13. The largest absolute Gasteiger partial charge is 0.356 e. The Morgan fingerprint density at radius 3 is 2.66 bits per heavy atom. The van der Waals surface area contributed by atoms with E-state index in [9.17, 15) is 9.59 Å². The smallest absolute Gasteiger partial charge is 0.228 e. The highest BCUT2D eigenvalue weighted by atomic mass is 16.5. The Balaban J connectivity index is 1.43. The number of nitrogens with zero attached hydrogens (tertiary/aromatic N) is 6. The number of carbonyl (C=O) groups excluding carboxylic acids is 2. The lowest BCUT2D eigenvalue weighted by Crippen LogP contribution is -2.43. The van der Waals surface area contributed by atoms with Gasteiger partial charge in [0.25, 0.3) is 0 Å². The summed E-state index contributed by atoms with van der Waals surface area (Å²) in [7, 11) is 1.76. The van der Waals surface area contributed by atoms with Crippen LogP contribution in [0.4, 0.5) is 5.95 Å². The molecule has 0 aromatic carbocycles. The summed E-state index contributed by atoms with van der Waals surface area (Å²) >= 11 is 0. The molecule has 5 rings (SSSR count). The van der Waals surface area contributed by atoms with Crippen LogP contribution in [0.15, 0.2) is 16.8 Å². The third kappa shape index (κ3) is 3.96. The van der Waals surface area contributed by atoms with Crippen LogP contribution < -0.4 is 4.90 Å². The highest BCUT2D eigenvalue weighted by molar-refractivity contribution is 5.89. The van der Waals surface area contributed by atoms with Crippen molar-refractivity contribution in [1.29, 1.82) is 0 Å². The highest BCUT2D eigenvalue weighted by Crippen LogP contribution is 2.35. The number of amides is 2. The minimum absolute atomic E-state index is 0.0472. The molecule has 0 N–H and O–H groups in total. The van der Waals surface area contributed by atoms with Crippen LogP contribution in [-0.2, 0) is 9.59 Å². The maximum Gasteiger partial charge on any atom is 0.228 e. The molecule has 5 heterocycles. The number of aromatic nitrogens is 3. The third-order valence-corrected chi connectivity index (χ3v) is 6.90. The molecular formula is C23H30N6O3. The normalized spacial score (nSPS) is 23.9. The van der Waals surface area contributed by atoms with E-state index < -0.39 is 0 Å². The molecule has 3 aliphatic heterocycles. The molecule has 3 fully saturated rings. The molecule has 9 nitrogen and oxygen atoms in total. The molecule has 9 heteroatoms. The van der Waals surface area contributed by atoms with Gasteiger partial charge >= 0.3 is 0 Å². The molecule has 0 aliphatic carbocycles. The minimum atomic E-state index is -0.242. The van der Waals surface area contributed by atoms with Crippen LogP contribution in [0.2, 0.25) is 0 Å². The van der Waals surface area contributed by atoms with Crippen LogP contribution in [0.25, 0.3) is 11.3 Å². The Morgan fingerprint density at radius 2 is 1.97 bits per heavy atom. The lowest BCUT2D eigenvalue weighted by Gasteiger charge is -2.34. The molecule has 2 aromatic heterocycles. The van der Waals surface area contributed by atoms with E-state index in [4.69, 9.17) is 9.51 Å². The van der Waals surface area contributed by atoms with E-state index in [2.05, 4.69) is 15.0 Å². The van der Waals surface area contributed by atoms with Crippen molar-refractivity contribution in [1.82, 2.24) is 24.9 Å². The number of likely N-dealkylation sites (tertiary alicyclic amines) is 2. The van der Waals surface area contributed by atoms with Crippen molar-refractivity contribution in [2.24, 2.45) is 5.92 Å². The van der Waals surface area contributed by atoms with Gasteiger partial charge in [-0.05, 0) is 32.6 Å². The van der Waals surface area contributed by atoms with Crippen LogP contribution >= 0.6 is 0 Å². The van der Waals surface area contributed by atoms with Gasteiger partial charge in [-0.1, -0.05) is 5.16 Å². The number of rotatable bonds is 4. The van der Waals surface area contributed by atoms with E-state index in [1.807, 2.05) is 24.1 Å². The topological polar surface area (TPSA) is 95.7 Å². The summed E-state index contributed by atoms with van der Waals surface area (Å²) in [6.07, 6.45) is 6.33. The number of hydrogen-bond donors (Lipinski definition) is 0. The van der Waals surface area contributed by atoms with E-state index in [1.54, 1.807) is 11.9 Å². The molecule has 0 bridgehead atoms. The van der Waals surface area contributed by atoms with Crippen molar-refractivity contribution in [2.45, 2.75) is 44.9 Å². The van der Waals surface area contributed by atoms with Gasteiger partial charge in [0.15, 0.2) is 5.76 Å². The Morgan fingerprint density at radius 1 is 1.16 bits per heavy atom. The quantitative estimate of drug-likeness (QED) is 0.722. The molecule has 0 unspecified atom stereocenters. The zero-order chi connectivity index (χ0) is 22.2. The molecule has 2 aromatic rings. The Hall–Kier alpha value is -2.97. The van der Waals surface area contributed by atoms with Crippen molar-refractivity contribution < 1.29 is 14.1 Å². The van der Waals surface area contributed by atoms with Gasteiger partial charge in [-0.25, -0.2) is 9.97 Å². The SMILES string of the molecule is Cc1cc(-c2cnc(N3CCCC3)nc2[C@@H]2CCCN(C(=O)[C@@H]3CC(=O)N(C)C3)C2)on1. The minimum Gasteiger partial charge on any atom is -0.356 e. The molecular weight excluding hydrogens is 408 g/mol. The summed E-state index contributed by atoms with van der Waals surface area (Å²) < 4.78 is 5.56. The zero-order valence-electron chi connectivity index (χ0n) is 18.8. The van der Waals surface area contributed by atoms with Gasteiger partial charge in [0, 0.05) is 64.4 Å². The lowest BCUT2D eigenvalue weighted by molar-refractivity contribution is -0.137. The monoisotopic (exact) mass is 438 g/mol. The Kier molecular flexibility index (Phi) is 5.57. The standard InChI is InChI=1S/C23H30N6O3/c1-15-10-19(32-26-15)18-12-24-23(28-7-3-4-8-28)25-21(18)16-6-5-9-29(14-16)22(31)17-11-20(30)27(2)13-17/h10,12,16-17H,3-9,11,13-14H2,1-2H3/t16-,17-/m1/s1. The maximum absolute atomic E-state index is 13.2. The van der Waals surface area contributed by atoms with Crippen LogP contribution in [0.1, 0.15) is 49.4 Å². The van der Waals surface area contributed by atoms with Crippen LogP contribution in [0, 0.1) is 12.8 Å². The second-order valence-electron chi connectivity index (χ2n) is 9.29. The summed E-state index contributed by atoms with van der Waals surface area (Å²) in [6.45, 7) is 5.67. The molecule has 32 heavy (non-hydrogen) atoms. The lowest BCUT2D eigenvalue weighted by atomic mass is 9.90. The number of anilines is 1. The second-order valence-corrected chi connectivity index (χ2v) is 9.29. The van der Waals surface area contributed by atoms with Crippen LogP contribution in [0.5, 0.6) is 0 Å². The first-order valence-electron chi connectivity index (χ1n) is 11.6. The second kappa shape index (κ2) is 8.52. The fraction of sp³-hybridized carbons (Fsp3) is 0.609. The first kappa shape index (κ1) is 20.9. The molecule has 2 amide bonds. The highest BCUT2D eigenvalue weighted by Gasteiger charge is 2.37. The molecule has 3 aliphatic rings. The van der Waals surface area contributed by atoms with Crippen molar-refractivity contribution in [3.63, 3.8) is 0 Å². The van der Waals surface area contributed by atoms with E-state index >= 15 is 0 Å². The molecule has 3 saturated heterocycles. The number of hydrogen-bond acceptors (Lipinski definition) is 7. The summed E-state index contributed by atoms with van der Waals surface area (Å²) in [5.41, 5.74) is 2.59. The van der Waals surface area contributed by atoms with Crippen molar-refractivity contribution in [3.8, 4) is 11.3 Å². The van der Waals surface area contributed by atoms with Gasteiger partial charge in [-0.15, -0.1) is 0 Å². The number of piperidine rings is 1. The van der Waals surface area contributed by atoms with Crippen LogP contribution in [0.3, 0.4) is 0 Å². The number of carbonyl (C=O) groups is 2. The molecule has 170 valence electrons. The van der Waals surface area contributed by atoms with Gasteiger partial charge in [-0.2, -0.15) is 0 Å². The maximum atomic E-state index is 13.2. The van der Waals surface area contributed by atoms with Gasteiger partial charge < -0.3 is 19.2 Å². The predicted molar refractivity (Wildman–Crippen MR) is 118 cm³/mol. The van der Waals surface area contributed by atoms with Crippen LogP contribution in [-0.4, -0.2) is 76.5 Å². The molecule has 2 atom stereocenters. The van der Waals surface area contributed by atoms with Gasteiger partial charge in [-0.3, -0.25) is 9.59 Å². The van der Waals surface area contributed by atoms with E-state index in [1.165, 1.54) is 0 Å². The molecule has 0 saturated carbocycles. The predicted octanol–water partition coefficient (Wildman–Crippen LogP) is 2.22. The van der Waals surface area contributed by atoms with Crippen molar-refractivity contribution in [2.75, 3.05) is 44.7 Å². The Labute approximate surface area is 187 Å². The van der Waals surface area contributed by atoms with Gasteiger partial charge in [0.2, 0.25) is 17.8 Å². The summed E-state index contributed by atoms with van der Waals surface area (Å²) in [5, 5.41) is 4.05. The summed E-state index contributed by atoms with van der Waals surface area (Å²) in [5.74, 6) is 1.39. The first-order chi connectivity index (χ1) is 15.5. The van der Waals surface area contributed by atoms with Gasteiger partial charge in [0.05, 0.1) is 22.9 Å². The third-order valence-electron chi connectivity index (χ3n) is 6.90. The van der Waals surface area contributed by atoms with Gasteiger partial charge in [0.1, 0.15) is 0 Å². The zero-order valence-corrected chi connectivity index (χ0v) is 18.8. The molecule has 0 spiro atoms. The fourth-order valence-electron chi connectivity index (χ4n) is 5.13. The molecule has 0 radical (unpaired) electrons. The van der Waals surface area contributed by atoms with E-state index in [0.717, 1.165) is 68.2 Å². The number of aryl methyl sites for hydroxylation is 1. The average Bonchev–Trinajstić information content (AvgIpc) is 3.56. The first-order valence-corrected chi connectivity index (χ1v) is 11.6. The van der Waals surface area contributed by atoms with E-state index in [0.29, 0.717) is 25.3 Å². The van der Waals surface area contributed by atoms with Crippen molar-refractivity contribution in [3.05, 3.63) is 23.7 Å². The Bertz CT molecular complexity index is 1010. The van der Waals surface area contributed by atoms with Crippen molar-refractivity contribution >= 4 is 17.8 Å². The summed E-state index contributed by atoms with van der Waals surface area (Å²) in [4.78, 5) is 40.6. The average molecular weight is 439 g/mol. The van der Waals surface area contributed by atoms with E-state index in [-0.39, 0.29) is 23.7 Å². The summed E-state index contributed by atoms with van der Waals surface area (Å²) in [6, 6.07) is 1.91.